The van der Waals surface area contributed by atoms with Crippen LogP contribution in [0.3, 0.4) is 0 Å². The third kappa shape index (κ3) is 64.0. The lowest BCUT2D eigenvalue weighted by atomic mass is 10.0. The van der Waals surface area contributed by atoms with E-state index in [1.807, 2.05) is 0 Å². The molecule has 6 heteroatoms. The normalized spacial score (nSPS) is 13.1. The number of hydrogen-bond acceptors (Lipinski definition) is 6. The molecule has 0 aromatic rings. The van der Waals surface area contributed by atoms with Crippen molar-refractivity contribution in [1.82, 2.24) is 0 Å². The van der Waals surface area contributed by atoms with Gasteiger partial charge in [0, 0.05) is 19.3 Å². The number of rotatable bonds is 57. The van der Waals surface area contributed by atoms with Crippen LogP contribution in [0.15, 0.2) is 146 Å². The maximum absolute atomic E-state index is 12.9. The summed E-state index contributed by atoms with van der Waals surface area (Å²) in [5.74, 6) is -0.969. The lowest BCUT2D eigenvalue weighted by Crippen LogP contribution is -2.30. The molecule has 0 saturated carbocycles. The van der Waals surface area contributed by atoms with E-state index in [2.05, 4.69) is 167 Å². The van der Waals surface area contributed by atoms with Crippen molar-refractivity contribution in [3.63, 3.8) is 0 Å². The average molecular weight is 1090 g/mol. The fraction of sp³-hybridized carbons (Fsp3) is 0.630. The quantitative estimate of drug-likeness (QED) is 0.0261. The Balaban J connectivity index is 4.35. The van der Waals surface area contributed by atoms with Gasteiger partial charge in [0.2, 0.25) is 0 Å². The summed E-state index contributed by atoms with van der Waals surface area (Å²) in [6.07, 6.45) is 94.3. The topological polar surface area (TPSA) is 78.9 Å². The maximum atomic E-state index is 12.9. The van der Waals surface area contributed by atoms with Gasteiger partial charge in [-0.1, -0.05) is 289 Å². The van der Waals surface area contributed by atoms with Gasteiger partial charge in [-0.05, 0) is 116 Å². The molecular formula is C73H118O6. The average Bonchev–Trinajstić information content (AvgIpc) is 3.45. The van der Waals surface area contributed by atoms with Crippen LogP contribution in [0.4, 0.5) is 0 Å². The highest BCUT2D eigenvalue weighted by Gasteiger charge is 2.19. The molecule has 0 aromatic heterocycles. The standard InChI is InChI=1S/C73H118O6/c1-4-7-10-13-16-19-22-25-27-29-30-31-32-33-34-35-36-37-38-39-40-41-42-44-45-48-51-54-57-60-63-66-72(75)78-69-70(68-77-71(74)65-62-59-56-53-50-47-24-21-18-15-12-9-6-3)79-73(76)67-64-61-58-55-52-49-46-43-28-26-23-20-17-14-11-8-5-2/h7-8,10-11,16-17,19-20,25-28,30-31,33-34,36-37,39-40,46,49,55,58,70H,4-6,9,12-15,18,21-24,29,32,35,38,41-45,47-48,50-54,56-57,59-69H2,1-3H3/b10-7-,11-8-,19-16-,20-17-,27-25-,28-26-,31-30-,34-33-,37-36-,40-39-,49-46-,58-55-. The van der Waals surface area contributed by atoms with Gasteiger partial charge in [-0.15, -0.1) is 0 Å². The molecule has 0 aliphatic carbocycles. The summed E-state index contributed by atoms with van der Waals surface area (Å²) in [7, 11) is 0. The first-order chi connectivity index (χ1) is 39.0. The maximum Gasteiger partial charge on any atom is 0.306 e. The number of esters is 3. The lowest BCUT2D eigenvalue weighted by Gasteiger charge is -2.18. The highest BCUT2D eigenvalue weighted by atomic mass is 16.6. The molecule has 446 valence electrons. The summed E-state index contributed by atoms with van der Waals surface area (Å²) in [6, 6.07) is 0. The lowest BCUT2D eigenvalue weighted by molar-refractivity contribution is -0.167. The molecule has 0 aliphatic heterocycles. The van der Waals surface area contributed by atoms with Gasteiger partial charge in [-0.25, -0.2) is 0 Å². The van der Waals surface area contributed by atoms with Crippen molar-refractivity contribution in [2.24, 2.45) is 0 Å². The van der Waals surface area contributed by atoms with E-state index in [0.717, 1.165) is 128 Å². The molecule has 0 amide bonds. The summed E-state index contributed by atoms with van der Waals surface area (Å²) in [5, 5.41) is 0. The largest absolute Gasteiger partial charge is 0.462 e. The van der Waals surface area contributed by atoms with Crippen LogP contribution in [0.5, 0.6) is 0 Å². The fourth-order valence-electron chi connectivity index (χ4n) is 8.58. The van der Waals surface area contributed by atoms with Gasteiger partial charge in [0.15, 0.2) is 6.10 Å². The van der Waals surface area contributed by atoms with E-state index in [1.165, 1.54) is 103 Å². The molecule has 0 fully saturated rings. The minimum Gasteiger partial charge on any atom is -0.462 e. The van der Waals surface area contributed by atoms with Gasteiger partial charge in [-0.2, -0.15) is 0 Å². The van der Waals surface area contributed by atoms with Crippen LogP contribution in [-0.4, -0.2) is 37.2 Å². The van der Waals surface area contributed by atoms with Crippen molar-refractivity contribution in [1.29, 1.82) is 0 Å². The Bertz CT molecular complexity index is 1730. The summed E-state index contributed by atoms with van der Waals surface area (Å²) < 4.78 is 16.9. The zero-order valence-corrected chi connectivity index (χ0v) is 51.1. The Labute approximate surface area is 487 Å². The minimum absolute atomic E-state index is 0.104. The van der Waals surface area contributed by atoms with E-state index in [1.54, 1.807) is 0 Å². The Hall–Kier alpha value is -4.71. The van der Waals surface area contributed by atoms with E-state index in [9.17, 15) is 14.4 Å². The molecule has 79 heavy (non-hydrogen) atoms. The van der Waals surface area contributed by atoms with E-state index in [4.69, 9.17) is 14.2 Å². The molecule has 0 radical (unpaired) electrons. The first kappa shape index (κ1) is 74.3. The summed E-state index contributed by atoms with van der Waals surface area (Å²) in [6.45, 7) is 6.36. The van der Waals surface area contributed by atoms with Crippen molar-refractivity contribution in [3.8, 4) is 0 Å². The van der Waals surface area contributed by atoms with Crippen LogP contribution >= 0.6 is 0 Å². The van der Waals surface area contributed by atoms with Gasteiger partial charge >= 0.3 is 17.9 Å². The van der Waals surface area contributed by atoms with Crippen LogP contribution in [0, 0.1) is 0 Å². The number of unbranched alkanes of at least 4 members (excludes halogenated alkanes) is 22. The first-order valence-electron chi connectivity index (χ1n) is 32.3. The highest BCUT2D eigenvalue weighted by molar-refractivity contribution is 5.71. The van der Waals surface area contributed by atoms with E-state index < -0.39 is 6.10 Å². The second kappa shape index (κ2) is 65.8. The number of allylic oxidation sites excluding steroid dienone is 24. The number of hydrogen-bond donors (Lipinski definition) is 0. The molecule has 1 unspecified atom stereocenters. The second-order valence-corrected chi connectivity index (χ2v) is 20.9. The molecule has 0 bridgehead atoms. The van der Waals surface area contributed by atoms with Crippen LogP contribution in [0.25, 0.3) is 0 Å². The predicted octanol–water partition coefficient (Wildman–Crippen LogP) is 22.3. The first-order valence-corrected chi connectivity index (χ1v) is 32.3. The molecule has 0 heterocycles. The third-order valence-corrected chi connectivity index (χ3v) is 13.3. The molecule has 0 aromatic carbocycles. The Kier molecular flexibility index (Phi) is 61.9. The SMILES string of the molecule is CC/C=C\C/C=C\C/C=C\C/C=C\C/C=C\C/C=C\C/C=C\CCCCCCCCCCCC(=O)OCC(COC(=O)CCCCCCCCCCCCCCC)OC(=O)CCC/C=C\C/C=C\C/C=C\C/C=C\C/C=C\CC. The molecule has 1 atom stereocenters. The van der Waals surface area contributed by atoms with Gasteiger partial charge in [0.25, 0.3) is 0 Å². The fourth-order valence-corrected chi connectivity index (χ4v) is 8.58. The summed E-state index contributed by atoms with van der Waals surface area (Å²) in [5.41, 5.74) is 0. The zero-order chi connectivity index (χ0) is 57.1. The van der Waals surface area contributed by atoms with Gasteiger partial charge < -0.3 is 14.2 Å². The van der Waals surface area contributed by atoms with Crippen molar-refractivity contribution < 1.29 is 28.6 Å². The van der Waals surface area contributed by atoms with Crippen molar-refractivity contribution in [3.05, 3.63) is 146 Å². The van der Waals surface area contributed by atoms with Crippen molar-refractivity contribution >= 4 is 17.9 Å². The smallest absolute Gasteiger partial charge is 0.306 e. The molecule has 0 N–H and O–H groups in total. The Morgan fingerprint density at radius 1 is 0.266 bits per heavy atom. The highest BCUT2D eigenvalue weighted by Crippen LogP contribution is 2.15. The predicted molar refractivity (Wildman–Crippen MR) is 343 cm³/mol. The monoisotopic (exact) mass is 1090 g/mol. The van der Waals surface area contributed by atoms with Crippen molar-refractivity contribution in [2.45, 2.75) is 284 Å². The Morgan fingerprint density at radius 2 is 0.506 bits per heavy atom. The molecule has 0 rings (SSSR count). The van der Waals surface area contributed by atoms with Crippen LogP contribution < -0.4 is 0 Å². The molecule has 0 saturated heterocycles. The van der Waals surface area contributed by atoms with E-state index in [-0.39, 0.29) is 37.5 Å². The second-order valence-electron chi connectivity index (χ2n) is 20.9. The van der Waals surface area contributed by atoms with Crippen LogP contribution in [0.2, 0.25) is 0 Å². The van der Waals surface area contributed by atoms with Crippen molar-refractivity contribution in [2.75, 3.05) is 13.2 Å². The summed E-state index contributed by atoms with van der Waals surface area (Å²) in [4.78, 5) is 38.3. The van der Waals surface area contributed by atoms with Crippen LogP contribution in [-0.2, 0) is 28.6 Å². The number of carbonyl (C=O) groups is 3. The number of ether oxygens (including phenoxy) is 3. The van der Waals surface area contributed by atoms with Gasteiger partial charge in [0.05, 0.1) is 0 Å². The van der Waals surface area contributed by atoms with E-state index >= 15 is 0 Å². The van der Waals surface area contributed by atoms with Gasteiger partial charge in [-0.3, -0.25) is 14.4 Å². The van der Waals surface area contributed by atoms with E-state index in [0.29, 0.717) is 19.3 Å². The zero-order valence-electron chi connectivity index (χ0n) is 51.1. The Morgan fingerprint density at radius 3 is 0.810 bits per heavy atom. The number of carbonyl (C=O) groups excluding carboxylic acids is 3. The molecule has 0 aliphatic rings. The van der Waals surface area contributed by atoms with Crippen LogP contribution in [0.1, 0.15) is 278 Å². The minimum atomic E-state index is -0.815. The molecule has 0 spiro atoms. The third-order valence-electron chi connectivity index (χ3n) is 13.3. The van der Waals surface area contributed by atoms with Gasteiger partial charge in [0.1, 0.15) is 13.2 Å². The summed E-state index contributed by atoms with van der Waals surface area (Å²) >= 11 is 0. The molecular weight excluding hydrogens is 973 g/mol. The molecule has 6 nitrogen and oxygen atoms in total.